The molecule has 0 aliphatic heterocycles. The van der Waals surface area contributed by atoms with Crippen LogP contribution in [0.2, 0.25) is 0 Å². The van der Waals surface area contributed by atoms with Crippen LogP contribution in [-0.2, 0) is 6.54 Å². The predicted octanol–water partition coefficient (Wildman–Crippen LogP) is 2.51. The molecule has 110 valence electrons. The van der Waals surface area contributed by atoms with Crippen molar-refractivity contribution in [2.24, 2.45) is 0 Å². The molecule has 0 saturated heterocycles. The summed E-state index contributed by atoms with van der Waals surface area (Å²) < 4.78 is 10.9. The van der Waals surface area contributed by atoms with Crippen LogP contribution in [0.5, 0.6) is 5.75 Å². The van der Waals surface area contributed by atoms with Gasteiger partial charge in [-0.05, 0) is 18.9 Å². The summed E-state index contributed by atoms with van der Waals surface area (Å²) >= 11 is 0. The number of nitrogens with one attached hydrogen (secondary N) is 1. The Balaban J connectivity index is 1.83. The molecule has 1 fully saturated rings. The van der Waals surface area contributed by atoms with Crippen LogP contribution in [0.3, 0.4) is 0 Å². The van der Waals surface area contributed by atoms with E-state index in [9.17, 15) is 10.1 Å². The third-order valence-corrected chi connectivity index (χ3v) is 3.33. The Morgan fingerprint density at radius 1 is 1.52 bits per heavy atom. The highest BCUT2D eigenvalue weighted by Crippen LogP contribution is 2.33. The van der Waals surface area contributed by atoms with Gasteiger partial charge in [-0.15, -0.1) is 0 Å². The summed E-state index contributed by atoms with van der Waals surface area (Å²) in [7, 11) is 1.47. The van der Waals surface area contributed by atoms with Gasteiger partial charge in [0.05, 0.1) is 36.4 Å². The molecule has 0 amide bonds. The summed E-state index contributed by atoms with van der Waals surface area (Å²) in [6.45, 7) is 0.583. The number of rotatable bonds is 6. The molecular formula is C14H15N3O4. The van der Waals surface area contributed by atoms with Gasteiger partial charge in [0.15, 0.2) is 5.76 Å². The fourth-order valence-electron chi connectivity index (χ4n) is 2.03. The summed E-state index contributed by atoms with van der Waals surface area (Å²) in [4.78, 5) is 14.5. The van der Waals surface area contributed by atoms with E-state index in [-0.39, 0.29) is 5.69 Å². The van der Waals surface area contributed by atoms with Gasteiger partial charge in [-0.1, -0.05) is 0 Å². The van der Waals surface area contributed by atoms with E-state index in [0.29, 0.717) is 35.6 Å². The van der Waals surface area contributed by atoms with Gasteiger partial charge in [0.25, 0.3) is 5.69 Å². The van der Waals surface area contributed by atoms with Crippen molar-refractivity contribution in [3.8, 4) is 17.1 Å². The number of aromatic nitrogens is 1. The summed E-state index contributed by atoms with van der Waals surface area (Å²) in [6, 6.07) is 4.98. The first kappa shape index (κ1) is 13.6. The summed E-state index contributed by atoms with van der Waals surface area (Å²) in [5.74, 6) is 1.52. The van der Waals surface area contributed by atoms with E-state index in [1.807, 2.05) is 0 Å². The Bertz CT molecular complexity index is 664. The number of ether oxygens (including phenoxy) is 1. The van der Waals surface area contributed by atoms with Gasteiger partial charge in [0, 0.05) is 12.1 Å². The van der Waals surface area contributed by atoms with Crippen molar-refractivity contribution in [2.75, 3.05) is 7.11 Å². The zero-order valence-electron chi connectivity index (χ0n) is 11.5. The third-order valence-electron chi connectivity index (χ3n) is 3.33. The van der Waals surface area contributed by atoms with Crippen LogP contribution in [0, 0.1) is 10.1 Å². The second-order valence-corrected chi connectivity index (χ2v) is 4.92. The number of nitro benzene ring substituents is 1. The minimum Gasteiger partial charge on any atom is -0.496 e. The van der Waals surface area contributed by atoms with Crippen molar-refractivity contribution in [1.29, 1.82) is 0 Å². The lowest BCUT2D eigenvalue weighted by atomic mass is 10.1. The molecule has 7 heteroatoms. The number of hydrogen-bond donors (Lipinski definition) is 1. The number of nitrogens with zero attached hydrogens (tertiary/aromatic N) is 2. The number of methoxy groups -OCH3 is 1. The van der Waals surface area contributed by atoms with E-state index in [1.54, 1.807) is 12.3 Å². The average Bonchev–Trinajstić information content (AvgIpc) is 3.21. The van der Waals surface area contributed by atoms with Crippen molar-refractivity contribution >= 4 is 5.69 Å². The second kappa shape index (κ2) is 5.53. The smallest absolute Gasteiger partial charge is 0.273 e. The first-order valence-electron chi connectivity index (χ1n) is 6.68. The quantitative estimate of drug-likeness (QED) is 0.649. The number of benzene rings is 1. The molecule has 1 aliphatic carbocycles. The molecule has 0 unspecified atom stereocenters. The zero-order valence-corrected chi connectivity index (χ0v) is 11.5. The molecule has 1 aromatic carbocycles. The lowest BCUT2D eigenvalue weighted by molar-refractivity contribution is -0.384. The van der Waals surface area contributed by atoms with Crippen molar-refractivity contribution in [3.63, 3.8) is 0 Å². The fourth-order valence-corrected chi connectivity index (χ4v) is 2.03. The van der Waals surface area contributed by atoms with Gasteiger partial charge in [-0.3, -0.25) is 10.1 Å². The highest BCUT2D eigenvalue weighted by atomic mass is 16.6. The summed E-state index contributed by atoms with van der Waals surface area (Å²) in [6.07, 6.45) is 4.00. The summed E-state index contributed by atoms with van der Waals surface area (Å²) in [5, 5.41) is 14.1. The van der Waals surface area contributed by atoms with E-state index < -0.39 is 4.92 Å². The maximum atomic E-state index is 10.8. The standard InChI is InChI=1S/C14H15N3O4/c1-20-12-6-10(17(18)19)4-5-11(12)13-7-16-14(21-13)8-15-9-2-3-9/h4-7,9,15H,2-3,8H2,1H3. The van der Waals surface area contributed by atoms with Crippen LogP contribution in [0.4, 0.5) is 5.69 Å². The Morgan fingerprint density at radius 2 is 2.33 bits per heavy atom. The lowest BCUT2D eigenvalue weighted by Gasteiger charge is -2.05. The Morgan fingerprint density at radius 3 is 3.00 bits per heavy atom. The van der Waals surface area contributed by atoms with Crippen molar-refractivity contribution in [1.82, 2.24) is 10.3 Å². The van der Waals surface area contributed by atoms with Gasteiger partial charge in [-0.2, -0.15) is 0 Å². The maximum absolute atomic E-state index is 10.8. The van der Waals surface area contributed by atoms with Gasteiger partial charge in [-0.25, -0.2) is 4.98 Å². The van der Waals surface area contributed by atoms with E-state index in [1.165, 1.54) is 32.1 Å². The summed E-state index contributed by atoms with van der Waals surface area (Å²) in [5.41, 5.74) is 0.624. The van der Waals surface area contributed by atoms with Crippen molar-refractivity contribution in [3.05, 3.63) is 40.4 Å². The normalized spacial score (nSPS) is 14.1. The number of nitro groups is 1. The van der Waals surface area contributed by atoms with Crippen LogP contribution >= 0.6 is 0 Å². The van der Waals surface area contributed by atoms with E-state index in [0.717, 1.165) is 0 Å². The Hall–Kier alpha value is -2.41. The predicted molar refractivity (Wildman–Crippen MR) is 75.0 cm³/mol. The number of non-ortho nitro benzene ring substituents is 1. The molecule has 7 nitrogen and oxygen atoms in total. The molecule has 0 radical (unpaired) electrons. The van der Waals surface area contributed by atoms with Crippen LogP contribution in [-0.4, -0.2) is 23.1 Å². The van der Waals surface area contributed by atoms with Crippen LogP contribution in [0.1, 0.15) is 18.7 Å². The highest BCUT2D eigenvalue weighted by molar-refractivity contribution is 5.67. The SMILES string of the molecule is COc1cc([N+](=O)[O-])ccc1-c1cnc(CNC2CC2)o1. The zero-order chi connectivity index (χ0) is 14.8. The largest absolute Gasteiger partial charge is 0.496 e. The van der Waals surface area contributed by atoms with Crippen molar-refractivity contribution < 1.29 is 14.1 Å². The average molecular weight is 289 g/mol. The molecule has 0 atom stereocenters. The fraction of sp³-hybridized carbons (Fsp3) is 0.357. The molecule has 21 heavy (non-hydrogen) atoms. The molecule has 1 saturated carbocycles. The van der Waals surface area contributed by atoms with Crippen LogP contribution < -0.4 is 10.1 Å². The monoisotopic (exact) mass is 289 g/mol. The molecule has 3 rings (SSSR count). The Kier molecular flexibility index (Phi) is 3.57. The third kappa shape index (κ3) is 3.03. The van der Waals surface area contributed by atoms with Gasteiger partial charge in [0.1, 0.15) is 5.75 Å². The maximum Gasteiger partial charge on any atom is 0.273 e. The number of hydrogen-bond acceptors (Lipinski definition) is 6. The van der Waals surface area contributed by atoms with Crippen LogP contribution in [0.25, 0.3) is 11.3 Å². The topological polar surface area (TPSA) is 90.4 Å². The molecule has 0 spiro atoms. The molecule has 1 N–H and O–H groups in total. The van der Waals surface area contributed by atoms with Gasteiger partial charge < -0.3 is 14.5 Å². The first-order valence-corrected chi connectivity index (χ1v) is 6.68. The Labute approximate surface area is 121 Å². The molecule has 2 aromatic rings. The van der Waals surface area contributed by atoms with Crippen molar-refractivity contribution in [2.45, 2.75) is 25.4 Å². The van der Waals surface area contributed by atoms with Crippen LogP contribution in [0.15, 0.2) is 28.8 Å². The molecule has 1 heterocycles. The number of oxazole rings is 1. The van der Waals surface area contributed by atoms with E-state index in [2.05, 4.69) is 10.3 Å². The molecule has 1 aromatic heterocycles. The van der Waals surface area contributed by atoms with Gasteiger partial charge in [0.2, 0.25) is 5.89 Å². The van der Waals surface area contributed by atoms with E-state index >= 15 is 0 Å². The molecular weight excluding hydrogens is 274 g/mol. The molecule has 0 bridgehead atoms. The lowest BCUT2D eigenvalue weighted by Crippen LogP contribution is -2.15. The minimum absolute atomic E-state index is 0.0225. The first-order chi connectivity index (χ1) is 10.2. The highest BCUT2D eigenvalue weighted by Gasteiger charge is 2.21. The van der Waals surface area contributed by atoms with E-state index in [4.69, 9.17) is 9.15 Å². The molecule has 1 aliphatic rings. The van der Waals surface area contributed by atoms with Gasteiger partial charge >= 0.3 is 0 Å². The minimum atomic E-state index is -0.461. The second-order valence-electron chi connectivity index (χ2n) is 4.92.